The van der Waals surface area contributed by atoms with Crippen LogP contribution in [-0.2, 0) is 4.74 Å². The van der Waals surface area contributed by atoms with Crippen LogP contribution in [0.4, 0.5) is 5.69 Å². The first-order chi connectivity index (χ1) is 7.09. The lowest BCUT2D eigenvalue weighted by Crippen LogP contribution is -2.53. The Hall–Kier alpha value is -1.09. The zero-order chi connectivity index (χ0) is 10.9. The quantitative estimate of drug-likeness (QED) is 0.824. The lowest BCUT2D eigenvalue weighted by Gasteiger charge is -2.39. The molecule has 2 heterocycles. The largest absolute Gasteiger partial charge is 0.376 e. The van der Waals surface area contributed by atoms with Crippen LogP contribution in [0.15, 0.2) is 18.3 Å². The highest BCUT2D eigenvalue weighted by atomic mass is 16.5. The number of hydrogen-bond acceptors (Lipinski definition) is 3. The molecule has 0 radical (unpaired) electrons. The predicted octanol–water partition coefficient (Wildman–Crippen LogP) is 2.41. The summed E-state index contributed by atoms with van der Waals surface area (Å²) in [5.74, 6) is 0.488. The number of hydrogen-bond donors (Lipinski definition) is 1. The Kier molecular flexibility index (Phi) is 2.65. The standard InChI is InChI=1S/C12H18N2O/c1-9(2)11-5-4-10(6-13-11)14-12(3)7-15-8-12/h4-6,9,14H,7-8H2,1-3H3. The molecule has 82 valence electrons. The van der Waals surface area contributed by atoms with E-state index in [1.807, 2.05) is 6.20 Å². The van der Waals surface area contributed by atoms with Gasteiger partial charge in [0.05, 0.1) is 30.6 Å². The van der Waals surface area contributed by atoms with E-state index in [4.69, 9.17) is 4.74 Å². The van der Waals surface area contributed by atoms with Crippen molar-refractivity contribution in [3.05, 3.63) is 24.0 Å². The molecular weight excluding hydrogens is 188 g/mol. The molecule has 0 amide bonds. The Labute approximate surface area is 90.9 Å². The second-order valence-electron chi connectivity index (χ2n) is 4.80. The summed E-state index contributed by atoms with van der Waals surface area (Å²) in [5.41, 5.74) is 2.31. The molecule has 1 N–H and O–H groups in total. The van der Waals surface area contributed by atoms with E-state index in [0.29, 0.717) is 5.92 Å². The lowest BCUT2D eigenvalue weighted by atomic mass is 10.0. The lowest BCUT2D eigenvalue weighted by molar-refractivity contribution is -0.0318. The molecule has 1 aliphatic rings. The van der Waals surface area contributed by atoms with Gasteiger partial charge in [0, 0.05) is 5.69 Å². The average Bonchev–Trinajstić information content (AvgIpc) is 2.16. The van der Waals surface area contributed by atoms with Crippen molar-refractivity contribution in [3.63, 3.8) is 0 Å². The Balaban J connectivity index is 2.04. The molecule has 3 nitrogen and oxygen atoms in total. The van der Waals surface area contributed by atoms with Gasteiger partial charge in [0.25, 0.3) is 0 Å². The first-order valence-electron chi connectivity index (χ1n) is 5.41. The van der Waals surface area contributed by atoms with Crippen LogP contribution in [-0.4, -0.2) is 23.7 Å². The van der Waals surface area contributed by atoms with Gasteiger partial charge in [0.1, 0.15) is 0 Å². The minimum absolute atomic E-state index is 0.0982. The summed E-state index contributed by atoms with van der Waals surface area (Å²) in [6.07, 6.45) is 1.90. The smallest absolute Gasteiger partial charge is 0.0812 e. The van der Waals surface area contributed by atoms with Crippen LogP contribution in [0.3, 0.4) is 0 Å². The fraction of sp³-hybridized carbons (Fsp3) is 0.583. The summed E-state index contributed by atoms with van der Waals surface area (Å²) in [7, 11) is 0. The summed E-state index contributed by atoms with van der Waals surface area (Å²) in [6, 6.07) is 4.17. The van der Waals surface area contributed by atoms with Gasteiger partial charge in [-0.2, -0.15) is 0 Å². The first kappa shape index (κ1) is 10.4. The fourth-order valence-corrected chi connectivity index (χ4v) is 1.65. The highest BCUT2D eigenvalue weighted by molar-refractivity contribution is 5.44. The molecule has 0 spiro atoms. The molecule has 3 heteroatoms. The summed E-state index contributed by atoms with van der Waals surface area (Å²) in [4.78, 5) is 4.42. The Morgan fingerprint density at radius 3 is 2.53 bits per heavy atom. The second kappa shape index (κ2) is 3.81. The minimum Gasteiger partial charge on any atom is -0.376 e. The van der Waals surface area contributed by atoms with Crippen molar-refractivity contribution >= 4 is 5.69 Å². The van der Waals surface area contributed by atoms with Crippen LogP contribution in [0.25, 0.3) is 0 Å². The van der Waals surface area contributed by atoms with Crippen LogP contribution in [0, 0.1) is 0 Å². The van der Waals surface area contributed by atoms with Crippen LogP contribution in [0.2, 0.25) is 0 Å². The third-order valence-corrected chi connectivity index (χ3v) is 2.67. The van der Waals surface area contributed by atoms with Crippen molar-refractivity contribution in [3.8, 4) is 0 Å². The molecule has 2 rings (SSSR count). The van der Waals surface area contributed by atoms with Crippen molar-refractivity contribution in [1.29, 1.82) is 0 Å². The van der Waals surface area contributed by atoms with Gasteiger partial charge >= 0.3 is 0 Å². The Morgan fingerprint density at radius 1 is 1.40 bits per heavy atom. The second-order valence-corrected chi connectivity index (χ2v) is 4.80. The zero-order valence-electron chi connectivity index (χ0n) is 9.58. The molecule has 1 aliphatic heterocycles. The first-order valence-corrected chi connectivity index (χ1v) is 5.41. The summed E-state index contributed by atoms with van der Waals surface area (Å²) < 4.78 is 5.19. The highest BCUT2D eigenvalue weighted by Gasteiger charge is 2.32. The fourth-order valence-electron chi connectivity index (χ4n) is 1.65. The molecule has 0 unspecified atom stereocenters. The van der Waals surface area contributed by atoms with Gasteiger partial charge in [-0.1, -0.05) is 13.8 Å². The Morgan fingerprint density at radius 2 is 2.13 bits per heavy atom. The number of pyridine rings is 1. The van der Waals surface area contributed by atoms with Gasteiger partial charge in [0.15, 0.2) is 0 Å². The van der Waals surface area contributed by atoms with E-state index in [2.05, 4.69) is 43.2 Å². The number of anilines is 1. The maximum atomic E-state index is 5.19. The molecule has 0 aromatic carbocycles. The van der Waals surface area contributed by atoms with Crippen LogP contribution < -0.4 is 5.32 Å². The maximum Gasteiger partial charge on any atom is 0.0812 e. The van der Waals surface area contributed by atoms with Crippen LogP contribution in [0.1, 0.15) is 32.4 Å². The topological polar surface area (TPSA) is 34.1 Å². The normalized spacial score (nSPS) is 18.7. The minimum atomic E-state index is 0.0982. The molecule has 15 heavy (non-hydrogen) atoms. The highest BCUT2D eigenvalue weighted by Crippen LogP contribution is 2.22. The summed E-state index contributed by atoms with van der Waals surface area (Å²) >= 11 is 0. The van der Waals surface area contributed by atoms with Gasteiger partial charge in [-0.05, 0) is 25.0 Å². The van der Waals surface area contributed by atoms with E-state index in [-0.39, 0.29) is 5.54 Å². The molecule has 1 aromatic heterocycles. The van der Waals surface area contributed by atoms with Gasteiger partial charge in [-0.15, -0.1) is 0 Å². The summed E-state index contributed by atoms with van der Waals surface area (Å²) in [6.45, 7) is 8.01. The number of nitrogens with one attached hydrogen (secondary N) is 1. The molecule has 0 saturated carbocycles. The number of aromatic nitrogens is 1. The zero-order valence-corrected chi connectivity index (χ0v) is 9.58. The van der Waals surface area contributed by atoms with Gasteiger partial charge in [0.2, 0.25) is 0 Å². The van der Waals surface area contributed by atoms with Crippen molar-refractivity contribution in [1.82, 2.24) is 4.98 Å². The van der Waals surface area contributed by atoms with Gasteiger partial charge in [-0.3, -0.25) is 4.98 Å². The molecule has 0 atom stereocenters. The molecule has 0 aliphatic carbocycles. The molecule has 1 aromatic rings. The van der Waals surface area contributed by atoms with E-state index in [0.717, 1.165) is 24.6 Å². The number of rotatable bonds is 3. The predicted molar refractivity (Wildman–Crippen MR) is 61.2 cm³/mol. The number of ether oxygens (including phenoxy) is 1. The van der Waals surface area contributed by atoms with Gasteiger partial charge in [-0.25, -0.2) is 0 Å². The van der Waals surface area contributed by atoms with E-state index < -0.39 is 0 Å². The molecular formula is C12H18N2O. The van der Waals surface area contributed by atoms with E-state index in [9.17, 15) is 0 Å². The van der Waals surface area contributed by atoms with Crippen molar-refractivity contribution < 1.29 is 4.74 Å². The number of nitrogens with zero attached hydrogens (tertiary/aromatic N) is 1. The monoisotopic (exact) mass is 206 g/mol. The third-order valence-electron chi connectivity index (χ3n) is 2.67. The van der Waals surface area contributed by atoms with Crippen molar-refractivity contribution in [2.24, 2.45) is 0 Å². The van der Waals surface area contributed by atoms with Crippen molar-refractivity contribution in [2.45, 2.75) is 32.2 Å². The van der Waals surface area contributed by atoms with Crippen LogP contribution >= 0.6 is 0 Å². The maximum absolute atomic E-state index is 5.19. The third kappa shape index (κ3) is 2.29. The molecule has 1 fully saturated rings. The Bertz CT molecular complexity index is 328. The van der Waals surface area contributed by atoms with Gasteiger partial charge < -0.3 is 10.1 Å². The SMILES string of the molecule is CC(C)c1ccc(NC2(C)COC2)cn1. The van der Waals surface area contributed by atoms with E-state index in [1.54, 1.807) is 0 Å². The van der Waals surface area contributed by atoms with E-state index >= 15 is 0 Å². The molecule has 0 bridgehead atoms. The van der Waals surface area contributed by atoms with E-state index in [1.165, 1.54) is 0 Å². The summed E-state index contributed by atoms with van der Waals surface area (Å²) in [5, 5.41) is 3.43. The average molecular weight is 206 g/mol. The molecule has 1 saturated heterocycles. The van der Waals surface area contributed by atoms with Crippen molar-refractivity contribution in [2.75, 3.05) is 18.5 Å². The van der Waals surface area contributed by atoms with Crippen LogP contribution in [0.5, 0.6) is 0 Å².